The van der Waals surface area contributed by atoms with E-state index in [2.05, 4.69) is 22.6 Å². The van der Waals surface area contributed by atoms with Gasteiger partial charge in [0.2, 0.25) is 0 Å². The normalized spacial score (nSPS) is 16.6. The van der Waals surface area contributed by atoms with Gasteiger partial charge >= 0.3 is 0 Å². The zero-order valence-corrected chi connectivity index (χ0v) is 11.6. The first-order chi connectivity index (χ1) is 9.85. The Morgan fingerprint density at radius 3 is 3.05 bits per heavy atom. The summed E-state index contributed by atoms with van der Waals surface area (Å²) in [6, 6.07) is 6.86. The maximum absolute atomic E-state index is 5.61. The summed E-state index contributed by atoms with van der Waals surface area (Å²) in [4.78, 5) is 0. The van der Waals surface area contributed by atoms with E-state index in [9.17, 15) is 0 Å². The van der Waals surface area contributed by atoms with Gasteiger partial charge < -0.3 is 14.6 Å². The Bertz CT molecular complexity index is 644. The first kappa shape index (κ1) is 12.0. The molecule has 0 radical (unpaired) electrons. The molecule has 1 heterocycles. The number of nitrogens with one attached hydrogen (secondary N) is 1. The molecule has 1 fully saturated rings. The third-order valence-corrected chi connectivity index (χ3v) is 4.21. The van der Waals surface area contributed by atoms with Gasteiger partial charge in [0.25, 0.3) is 0 Å². The summed E-state index contributed by atoms with van der Waals surface area (Å²) in [5.74, 6) is 1.85. The molecule has 2 aliphatic rings. The molecule has 1 aromatic heterocycles. The van der Waals surface area contributed by atoms with Gasteiger partial charge in [-0.25, -0.2) is 0 Å². The lowest BCUT2D eigenvalue weighted by Crippen LogP contribution is -2.17. The van der Waals surface area contributed by atoms with Gasteiger partial charge in [-0.1, -0.05) is 5.16 Å². The first-order valence-electron chi connectivity index (χ1n) is 7.23. The van der Waals surface area contributed by atoms with Crippen molar-refractivity contribution in [1.82, 2.24) is 10.5 Å². The summed E-state index contributed by atoms with van der Waals surface area (Å²) < 4.78 is 10.9. The SMILES string of the molecule is COc1ccc2c(c1)CCc1c(CNC3CC3)noc1-2. The fourth-order valence-corrected chi connectivity index (χ4v) is 2.86. The van der Waals surface area contributed by atoms with E-state index in [4.69, 9.17) is 9.26 Å². The van der Waals surface area contributed by atoms with E-state index in [1.807, 2.05) is 6.07 Å². The number of hydrogen-bond donors (Lipinski definition) is 1. The quantitative estimate of drug-likeness (QED) is 0.928. The predicted octanol–water partition coefficient (Wildman–Crippen LogP) is 2.70. The molecule has 4 nitrogen and oxygen atoms in total. The van der Waals surface area contributed by atoms with Crippen LogP contribution in [0.15, 0.2) is 22.7 Å². The summed E-state index contributed by atoms with van der Waals surface area (Å²) in [6.45, 7) is 0.828. The first-order valence-corrected chi connectivity index (χ1v) is 7.23. The minimum atomic E-state index is 0.697. The van der Waals surface area contributed by atoms with Crippen LogP contribution >= 0.6 is 0 Å². The zero-order chi connectivity index (χ0) is 13.5. The molecule has 4 rings (SSSR count). The van der Waals surface area contributed by atoms with Crippen molar-refractivity contribution in [1.29, 1.82) is 0 Å². The van der Waals surface area contributed by atoms with Crippen molar-refractivity contribution in [3.8, 4) is 17.1 Å². The van der Waals surface area contributed by atoms with Crippen LogP contribution in [0, 0.1) is 0 Å². The van der Waals surface area contributed by atoms with Crippen molar-refractivity contribution in [2.45, 2.75) is 38.3 Å². The molecule has 1 N–H and O–H groups in total. The van der Waals surface area contributed by atoms with Crippen LogP contribution in [0.1, 0.15) is 29.7 Å². The van der Waals surface area contributed by atoms with Gasteiger partial charge in [-0.05, 0) is 49.4 Å². The van der Waals surface area contributed by atoms with Crippen LogP contribution < -0.4 is 10.1 Å². The summed E-state index contributed by atoms with van der Waals surface area (Å²) in [5.41, 5.74) is 4.80. The lowest BCUT2D eigenvalue weighted by atomic mass is 9.89. The highest BCUT2D eigenvalue weighted by atomic mass is 16.5. The molecule has 0 atom stereocenters. The van der Waals surface area contributed by atoms with Crippen molar-refractivity contribution < 1.29 is 9.26 Å². The number of rotatable bonds is 4. The summed E-state index contributed by atoms with van der Waals surface area (Å²) in [7, 11) is 1.70. The van der Waals surface area contributed by atoms with E-state index in [0.717, 1.165) is 42.2 Å². The summed E-state index contributed by atoms with van der Waals surface area (Å²) in [6.07, 6.45) is 4.61. The molecule has 0 saturated heterocycles. The van der Waals surface area contributed by atoms with Crippen LogP contribution in [0.4, 0.5) is 0 Å². The Balaban J connectivity index is 1.66. The number of aromatic nitrogens is 1. The van der Waals surface area contributed by atoms with Crippen molar-refractivity contribution in [3.63, 3.8) is 0 Å². The van der Waals surface area contributed by atoms with Gasteiger partial charge in [0.1, 0.15) is 11.4 Å². The Hall–Kier alpha value is -1.81. The molecule has 0 spiro atoms. The highest BCUT2D eigenvalue weighted by molar-refractivity contribution is 5.69. The van der Waals surface area contributed by atoms with E-state index in [-0.39, 0.29) is 0 Å². The molecule has 0 aliphatic heterocycles. The Kier molecular flexibility index (Phi) is 2.77. The van der Waals surface area contributed by atoms with Gasteiger partial charge in [0, 0.05) is 23.7 Å². The molecule has 1 saturated carbocycles. The molecule has 4 heteroatoms. The number of nitrogens with zero attached hydrogens (tertiary/aromatic N) is 1. The van der Waals surface area contributed by atoms with E-state index >= 15 is 0 Å². The predicted molar refractivity (Wildman–Crippen MR) is 75.8 cm³/mol. The van der Waals surface area contributed by atoms with Crippen LogP contribution in [0.25, 0.3) is 11.3 Å². The van der Waals surface area contributed by atoms with E-state index in [0.29, 0.717) is 6.04 Å². The maximum Gasteiger partial charge on any atom is 0.170 e. The number of fused-ring (bicyclic) bond motifs is 3. The molecule has 2 aromatic rings. The third-order valence-electron chi connectivity index (χ3n) is 4.21. The molecule has 1 aromatic carbocycles. The highest BCUT2D eigenvalue weighted by Crippen LogP contribution is 2.37. The fraction of sp³-hybridized carbons (Fsp3) is 0.438. The highest BCUT2D eigenvalue weighted by Gasteiger charge is 2.26. The minimum Gasteiger partial charge on any atom is -0.497 e. The van der Waals surface area contributed by atoms with Gasteiger partial charge in [-0.3, -0.25) is 0 Å². The van der Waals surface area contributed by atoms with Gasteiger partial charge in [0.15, 0.2) is 5.76 Å². The van der Waals surface area contributed by atoms with E-state index < -0.39 is 0 Å². The van der Waals surface area contributed by atoms with E-state index in [1.165, 1.54) is 24.0 Å². The van der Waals surface area contributed by atoms with Crippen LogP contribution in [0.5, 0.6) is 5.75 Å². The van der Waals surface area contributed by atoms with Crippen LogP contribution in [0.2, 0.25) is 0 Å². The van der Waals surface area contributed by atoms with Crippen molar-refractivity contribution in [2.24, 2.45) is 0 Å². The Morgan fingerprint density at radius 1 is 1.35 bits per heavy atom. The smallest absolute Gasteiger partial charge is 0.170 e. The topological polar surface area (TPSA) is 47.3 Å². The largest absolute Gasteiger partial charge is 0.497 e. The minimum absolute atomic E-state index is 0.697. The Labute approximate surface area is 118 Å². The average Bonchev–Trinajstić information content (AvgIpc) is 3.23. The maximum atomic E-state index is 5.61. The van der Waals surface area contributed by atoms with Crippen molar-refractivity contribution in [2.75, 3.05) is 7.11 Å². The number of aryl methyl sites for hydroxylation is 1. The second kappa shape index (κ2) is 4.63. The van der Waals surface area contributed by atoms with Gasteiger partial charge in [-0.15, -0.1) is 0 Å². The molecule has 20 heavy (non-hydrogen) atoms. The second-order valence-electron chi connectivity index (χ2n) is 5.62. The molecule has 0 unspecified atom stereocenters. The molecule has 0 bridgehead atoms. The van der Waals surface area contributed by atoms with Crippen LogP contribution in [-0.2, 0) is 19.4 Å². The number of ether oxygens (including phenoxy) is 1. The average molecular weight is 270 g/mol. The van der Waals surface area contributed by atoms with Crippen LogP contribution in [-0.4, -0.2) is 18.3 Å². The van der Waals surface area contributed by atoms with Crippen molar-refractivity contribution in [3.05, 3.63) is 35.0 Å². The lowest BCUT2D eigenvalue weighted by molar-refractivity contribution is 0.412. The lowest BCUT2D eigenvalue weighted by Gasteiger charge is -2.15. The Morgan fingerprint density at radius 2 is 2.25 bits per heavy atom. The number of benzene rings is 1. The molecule has 104 valence electrons. The zero-order valence-electron chi connectivity index (χ0n) is 11.6. The standard InChI is InChI=1S/C16H18N2O2/c1-19-12-5-7-13-10(8-12)2-6-14-15(18-20-16(13)14)9-17-11-3-4-11/h5,7-8,11,17H,2-4,6,9H2,1H3. The molecular weight excluding hydrogens is 252 g/mol. The second-order valence-corrected chi connectivity index (χ2v) is 5.62. The third kappa shape index (κ3) is 2.00. The van der Waals surface area contributed by atoms with Gasteiger partial charge in [-0.2, -0.15) is 0 Å². The number of hydrogen-bond acceptors (Lipinski definition) is 4. The monoisotopic (exact) mass is 270 g/mol. The molecular formula is C16H18N2O2. The van der Waals surface area contributed by atoms with Gasteiger partial charge in [0.05, 0.1) is 7.11 Å². The number of methoxy groups -OCH3 is 1. The van der Waals surface area contributed by atoms with Crippen molar-refractivity contribution >= 4 is 0 Å². The van der Waals surface area contributed by atoms with Crippen LogP contribution in [0.3, 0.4) is 0 Å². The molecule has 2 aliphatic carbocycles. The summed E-state index contributed by atoms with van der Waals surface area (Å²) >= 11 is 0. The summed E-state index contributed by atoms with van der Waals surface area (Å²) in [5, 5.41) is 7.78. The van der Waals surface area contributed by atoms with E-state index in [1.54, 1.807) is 7.11 Å². The molecule has 0 amide bonds. The fourth-order valence-electron chi connectivity index (χ4n) is 2.86.